The molecule has 2 N–H and O–H groups in total. The first-order valence-electron chi connectivity index (χ1n) is 12.4. The summed E-state index contributed by atoms with van der Waals surface area (Å²) in [6.45, 7) is 2.28. The normalized spacial score (nSPS) is 17.2. The van der Waals surface area contributed by atoms with Gasteiger partial charge < -0.3 is 25.0 Å². The molecule has 0 saturated carbocycles. The molecular formula is C27H32N4O5S. The molecule has 196 valence electrons. The summed E-state index contributed by atoms with van der Waals surface area (Å²) >= 11 is 1.38. The number of aliphatic imine (C=N–C) groups is 1. The topological polar surface area (TPSA) is 109 Å². The Labute approximate surface area is 221 Å². The third-order valence-electron chi connectivity index (χ3n) is 6.30. The zero-order chi connectivity index (χ0) is 26.2. The van der Waals surface area contributed by atoms with Crippen LogP contribution in [-0.4, -0.2) is 66.9 Å². The maximum Gasteiger partial charge on any atom is 0.262 e. The first-order valence-corrected chi connectivity index (χ1v) is 13.3. The van der Waals surface area contributed by atoms with Crippen LogP contribution in [0.4, 0.5) is 5.69 Å². The highest BCUT2D eigenvalue weighted by atomic mass is 32.2. The van der Waals surface area contributed by atoms with Crippen molar-refractivity contribution in [3.63, 3.8) is 0 Å². The third kappa shape index (κ3) is 7.03. The number of benzene rings is 2. The van der Waals surface area contributed by atoms with Gasteiger partial charge in [-0.3, -0.25) is 14.4 Å². The molecule has 9 nitrogen and oxygen atoms in total. The van der Waals surface area contributed by atoms with Crippen LogP contribution in [0.1, 0.15) is 41.6 Å². The van der Waals surface area contributed by atoms with Crippen LogP contribution in [0.15, 0.2) is 47.5 Å². The Bertz CT molecular complexity index is 1160. The Morgan fingerprint density at radius 2 is 1.76 bits per heavy atom. The average molecular weight is 525 g/mol. The molecule has 0 aromatic heterocycles. The predicted octanol–water partition coefficient (Wildman–Crippen LogP) is 3.49. The number of likely N-dealkylation sites (tertiary alicyclic amines) is 1. The number of ether oxygens (including phenoxy) is 2. The maximum absolute atomic E-state index is 12.5. The molecule has 0 radical (unpaired) electrons. The van der Waals surface area contributed by atoms with Crippen LogP contribution in [0, 0.1) is 0 Å². The van der Waals surface area contributed by atoms with Crippen molar-refractivity contribution >= 4 is 40.3 Å². The number of hydrogen-bond acceptors (Lipinski definition) is 7. The van der Waals surface area contributed by atoms with Gasteiger partial charge in [-0.2, -0.15) is 4.99 Å². The highest BCUT2D eigenvalue weighted by molar-refractivity contribution is 8.15. The average Bonchev–Trinajstić information content (AvgIpc) is 3.29. The summed E-state index contributed by atoms with van der Waals surface area (Å²) in [7, 11) is 3.17. The van der Waals surface area contributed by atoms with E-state index in [1.165, 1.54) is 18.2 Å². The molecule has 1 saturated heterocycles. The maximum atomic E-state index is 12.5. The first-order chi connectivity index (χ1) is 18.0. The van der Waals surface area contributed by atoms with Gasteiger partial charge in [0.2, 0.25) is 5.91 Å². The summed E-state index contributed by atoms with van der Waals surface area (Å²) < 4.78 is 10.6. The molecule has 1 atom stereocenters. The lowest BCUT2D eigenvalue weighted by molar-refractivity contribution is -0.121. The molecule has 0 spiro atoms. The molecule has 4 rings (SSSR count). The molecule has 2 heterocycles. The van der Waals surface area contributed by atoms with Crippen LogP contribution >= 0.6 is 11.8 Å². The first kappa shape index (κ1) is 26.5. The fourth-order valence-electron chi connectivity index (χ4n) is 4.27. The van der Waals surface area contributed by atoms with Gasteiger partial charge in [-0.05, 0) is 67.6 Å². The van der Waals surface area contributed by atoms with Gasteiger partial charge in [-0.25, -0.2) is 0 Å². The van der Waals surface area contributed by atoms with Gasteiger partial charge in [0, 0.05) is 37.3 Å². The minimum Gasteiger partial charge on any atom is -0.493 e. The number of nitrogens with zero attached hydrogens (tertiary/aromatic N) is 2. The second-order valence-corrected chi connectivity index (χ2v) is 10.1. The van der Waals surface area contributed by atoms with E-state index in [1.54, 1.807) is 38.5 Å². The largest absolute Gasteiger partial charge is 0.493 e. The Kier molecular flexibility index (Phi) is 9.05. The predicted molar refractivity (Wildman–Crippen MR) is 145 cm³/mol. The Morgan fingerprint density at radius 1 is 1.03 bits per heavy atom. The highest BCUT2D eigenvalue weighted by Crippen LogP contribution is 2.29. The fourth-order valence-corrected chi connectivity index (χ4v) is 5.39. The van der Waals surface area contributed by atoms with E-state index in [-0.39, 0.29) is 24.1 Å². The minimum absolute atomic E-state index is 0.0583. The summed E-state index contributed by atoms with van der Waals surface area (Å²) in [5.74, 6) is 0.601. The van der Waals surface area contributed by atoms with Crippen molar-refractivity contribution in [1.29, 1.82) is 0 Å². The summed E-state index contributed by atoms with van der Waals surface area (Å²) in [6.07, 6.45) is 4.10. The molecule has 0 unspecified atom stereocenters. The standard InChI is InChI=1S/C27H32N4O5S/c1-35-21-11-6-18(16-22(21)36-2)12-13-28-25(33)19-7-9-20(10-8-19)29-24(32)17-23-26(34)30-27(37-23)31-14-4-3-5-15-31/h6-11,16,23H,3-5,12-15,17H2,1-2H3,(H,28,33)(H,29,32)/t23-/m0/s1. The monoisotopic (exact) mass is 524 g/mol. The molecule has 0 aliphatic carbocycles. The van der Waals surface area contributed by atoms with Crippen LogP contribution in [-0.2, 0) is 16.0 Å². The lowest BCUT2D eigenvalue weighted by atomic mass is 10.1. The number of piperidine rings is 1. The number of amides is 3. The van der Waals surface area contributed by atoms with Crippen LogP contribution in [0.25, 0.3) is 0 Å². The second-order valence-electron chi connectivity index (χ2n) is 8.91. The van der Waals surface area contributed by atoms with Crippen molar-refractivity contribution in [2.24, 2.45) is 4.99 Å². The van der Waals surface area contributed by atoms with Crippen LogP contribution in [0.5, 0.6) is 11.5 Å². The van der Waals surface area contributed by atoms with Gasteiger partial charge in [-0.1, -0.05) is 17.8 Å². The number of carbonyl (C=O) groups is 3. The van der Waals surface area contributed by atoms with E-state index in [2.05, 4.69) is 20.5 Å². The van der Waals surface area contributed by atoms with Crippen molar-refractivity contribution in [1.82, 2.24) is 10.2 Å². The zero-order valence-corrected chi connectivity index (χ0v) is 21.9. The number of rotatable bonds is 9. The van der Waals surface area contributed by atoms with Gasteiger partial charge >= 0.3 is 0 Å². The summed E-state index contributed by atoms with van der Waals surface area (Å²) in [5, 5.41) is 5.96. The molecule has 3 amide bonds. The van der Waals surface area contributed by atoms with E-state index in [4.69, 9.17) is 9.47 Å². The van der Waals surface area contributed by atoms with Gasteiger partial charge in [-0.15, -0.1) is 0 Å². The van der Waals surface area contributed by atoms with Gasteiger partial charge in [0.25, 0.3) is 11.8 Å². The number of amidine groups is 1. The molecule has 37 heavy (non-hydrogen) atoms. The van der Waals surface area contributed by atoms with Crippen LogP contribution in [0.3, 0.4) is 0 Å². The number of anilines is 1. The number of carbonyl (C=O) groups excluding carboxylic acids is 3. The lowest BCUT2D eigenvalue weighted by Gasteiger charge is -2.27. The number of methoxy groups -OCH3 is 2. The SMILES string of the molecule is COc1ccc(CCNC(=O)c2ccc(NC(=O)C[C@@H]3SC(N4CCCCC4)=NC3=O)cc2)cc1OC. The molecule has 0 bridgehead atoms. The Morgan fingerprint density at radius 3 is 2.46 bits per heavy atom. The third-order valence-corrected chi connectivity index (χ3v) is 7.52. The molecule has 1 fully saturated rings. The van der Waals surface area contributed by atoms with Crippen LogP contribution < -0.4 is 20.1 Å². The van der Waals surface area contributed by atoms with E-state index >= 15 is 0 Å². The quantitative estimate of drug-likeness (QED) is 0.517. The smallest absolute Gasteiger partial charge is 0.262 e. The minimum atomic E-state index is -0.493. The summed E-state index contributed by atoms with van der Waals surface area (Å²) in [4.78, 5) is 43.7. The van der Waals surface area contributed by atoms with Crippen molar-refractivity contribution in [3.8, 4) is 11.5 Å². The Hall–Kier alpha value is -3.53. The molecule has 2 aliphatic heterocycles. The Balaban J connectivity index is 1.22. The van der Waals surface area contributed by atoms with Gasteiger partial charge in [0.1, 0.15) is 5.25 Å². The number of nitrogens with one attached hydrogen (secondary N) is 2. The zero-order valence-electron chi connectivity index (χ0n) is 21.1. The molecule has 2 aliphatic rings. The molecule has 2 aromatic carbocycles. The van der Waals surface area contributed by atoms with E-state index in [0.717, 1.165) is 36.7 Å². The highest BCUT2D eigenvalue weighted by Gasteiger charge is 2.33. The van der Waals surface area contributed by atoms with E-state index in [0.29, 0.717) is 35.7 Å². The molecular weight excluding hydrogens is 492 g/mol. The van der Waals surface area contributed by atoms with E-state index in [9.17, 15) is 14.4 Å². The van der Waals surface area contributed by atoms with Crippen molar-refractivity contribution < 1.29 is 23.9 Å². The summed E-state index contributed by atoms with van der Waals surface area (Å²) in [6, 6.07) is 12.3. The van der Waals surface area contributed by atoms with Crippen molar-refractivity contribution in [2.45, 2.75) is 37.4 Å². The van der Waals surface area contributed by atoms with Crippen molar-refractivity contribution in [2.75, 3.05) is 39.2 Å². The number of hydrogen-bond donors (Lipinski definition) is 2. The molecule has 2 aromatic rings. The fraction of sp³-hybridized carbons (Fsp3) is 0.407. The molecule has 10 heteroatoms. The summed E-state index contributed by atoms with van der Waals surface area (Å²) in [5.41, 5.74) is 2.08. The number of thioether (sulfide) groups is 1. The van der Waals surface area contributed by atoms with Gasteiger partial charge in [0.15, 0.2) is 16.7 Å². The second kappa shape index (κ2) is 12.6. The van der Waals surface area contributed by atoms with Gasteiger partial charge in [0.05, 0.1) is 14.2 Å². The van der Waals surface area contributed by atoms with E-state index in [1.807, 2.05) is 18.2 Å². The lowest BCUT2D eigenvalue weighted by Crippen LogP contribution is -2.33. The van der Waals surface area contributed by atoms with Crippen LogP contribution in [0.2, 0.25) is 0 Å². The van der Waals surface area contributed by atoms with Crippen molar-refractivity contribution in [3.05, 3.63) is 53.6 Å². The van der Waals surface area contributed by atoms with E-state index < -0.39 is 5.25 Å².